The molecule has 0 amide bonds. The van der Waals surface area contributed by atoms with Crippen LogP contribution in [-0.2, 0) is 13.1 Å². The van der Waals surface area contributed by atoms with Crippen molar-refractivity contribution in [3.8, 4) is 17.2 Å². The first kappa shape index (κ1) is 21.4. The molecule has 1 aromatic carbocycles. The van der Waals surface area contributed by atoms with E-state index in [4.69, 9.17) is 14.2 Å². The molecule has 0 aliphatic heterocycles. The molecular formula is C20H31N5O3. The van der Waals surface area contributed by atoms with Crippen LogP contribution in [0.25, 0.3) is 0 Å². The second kappa shape index (κ2) is 10.4. The number of rotatable bonds is 9. The SMILES string of the molecule is CN=C(NCCCn1nc(C)cc1C)NCc1cc(OC)c(OC)c(OC)c1. The number of benzene rings is 1. The predicted octanol–water partition coefficient (Wildman–Crippen LogP) is 2.28. The molecule has 0 radical (unpaired) electrons. The lowest BCUT2D eigenvalue weighted by Gasteiger charge is -2.16. The van der Waals surface area contributed by atoms with Crippen molar-refractivity contribution in [1.82, 2.24) is 20.4 Å². The Labute approximate surface area is 166 Å². The van der Waals surface area contributed by atoms with Gasteiger partial charge in [-0.3, -0.25) is 9.67 Å². The summed E-state index contributed by atoms with van der Waals surface area (Å²) >= 11 is 0. The van der Waals surface area contributed by atoms with Crippen LogP contribution < -0.4 is 24.8 Å². The first-order valence-corrected chi connectivity index (χ1v) is 9.26. The van der Waals surface area contributed by atoms with Crippen molar-refractivity contribution in [2.75, 3.05) is 34.9 Å². The van der Waals surface area contributed by atoms with Crippen molar-refractivity contribution < 1.29 is 14.2 Å². The van der Waals surface area contributed by atoms with Crippen molar-refractivity contribution in [2.45, 2.75) is 33.4 Å². The van der Waals surface area contributed by atoms with Gasteiger partial charge in [0.15, 0.2) is 17.5 Å². The van der Waals surface area contributed by atoms with Gasteiger partial charge < -0.3 is 24.8 Å². The van der Waals surface area contributed by atoms with Gasteiger partial charge in [0.25, 0.3) is 0 Å². The lowest BCUT2D eigenvalue weighted by atomic mass is 10.2. The maximum absolute atomic E-state index is 5.40. The summed E-state index contributed by atoms with van der Waals surface area (Å²) in [5.74, 6) is 2.58. The van der Waals surface area contributed by atoms with E-state index in [2.05, 4.69) is 33.7 Å². The number of hydrogen-bond acceptors (Lipinski definition) is 5. The van der Waals surface area contributed by atoms with Crippen LogP contribution in [0.3, 0.4) is 0 Å². The van der Waals surface area contributed by atoms with Crippen LogP contribution in [-0.4, -0.2) is 50.7 Å². The van der Waals surface area contributed by atoms with Gasteiger partial charge in [-0.1, -0.05) is 0 Å². The molecule has 0 fully saturated rings. The summed E-state index contributed by atoms with van der Waals surface area (Å²) < 4.78 is 18.2. The summed E-state index contributed by atoms with van der Waals surface area (Å²) in [6.45, 7) is 6.33. The van der Waals surface area contributed by atoms with E-state index in [1.807, 2.05) is 23.7 Å². The minimum absolute atomic E-state index is 0.577. The number of aromatic nitrogens is 2. The molecule has 0 saturated heterocycles. The lowest BCUT2D eigenvalue weighted by Crippen LogP contribution is -2.37. The quantitative estimate of drug-likeness (QED) is 0.389. The molecule has 28 heavy (non-hydrogen) atoms. The third-order valence-electron chi connectivity index (χ3n) is 4.35. The minimum atomic E-state index is 0.577. The van der Waals surface area contributed by atoms with E-state index < -0.39 is 0 Å². The maximum atomic E-state index is 5.40. The first-order chi connectivity index (χ1) is 13.5. The highest BCUT2D eigenvalue weighted by atomic mass is 16.5. The van der Waals surface area contributed by atoms with Gasteiger partial charge in [-0.15, -0.1) is 0 Å². The monoisotopic (exact) mass is 389 g/mol. The average molecular weight is 390 g/mol. The molecule has 0 spiro atoms. The summed E-state index contributed by atoms with van der Waals surface area (Å²) in [6.07, 6.45) is 0.951. The third-order valence-corrected chi connectivity index (χ3v) is 4.35. The van der Waals surface area contributed by atoms with Crippen LogP contribution in [0.1, 0.15) is 23.4 Å². The third kappa shape index (κ3) is 5.55. The Bertz CT molecular complexity index is 776. The lowest BCUT2D eigenvalue weighted by molar-refractivity contribution is 0.323. The Hall–Kier alpha value is -2.90. The Kier molecular flexibility index (Phi) is 7.98. The second-order valence-electron chi connectivity index (χ2n) is 6.39. The Morgan fingerprint density at radius 2 is 1.71 bits per heavy atom. The van der Waals surface area contributed by atoms with E-state index in [-0.39, 0.29) is 0 Å². The first-order valence-electron chi connectivity index (χ1n) is 9.26. The molecule has 0 aliphatic carbocycles. The molecule has 2 aromatic rings. The Morgan fingerprint density at radius 1 is 1.04 bits per heavy atom. The van der Waals surface area contributed by atoms with Gasteiger partial charge in [0.05, 0.1) is 27.0 Å². The van der Waals surface area contributed by atoms with E-state index in [0.29, 0.717) is 23.8 Å². The normalized spacial score (nSPS) is 11.3. The van der Waals surface area contributed by atoms with E-state index in [0.717, 1.165) is 36.7 Å². The van der Waals surface area contributed by atoms with Gasteiger partial charge in [-0.2, -0.15) is 5.10 Å². The number of hydrogen-bond donors (Lipinski definition) is 2. The number of aryl methyl sites for hydroxylation is 3. The van der Waals surface area contributed by atoms with Gasteiger partial charge in [0.2, 0.25) is 5.75 Å². The van der Waals surface area contributed by atoms with Gasteiger partial charge >= 0.3 is 0 Å². The van der Waals surface area contributed by atoms with Gasteiger partial charge in [0.1, 0.15) is 0 Å². The second-order valence-corrected chi connectivity index (χ2v) is 6.39. The van der Waals surface area contributed by atoms with Crippen molar-refractivity contribution in [3.63, 3.8) is 0 Å². The largest absolute Gasteiger partial charge is 0.493 e. The fraction of sp³-hybridized carbons (Fsp3) is 0.500. The Balaban J connectivity index is 1.87. The molecule has 0 saturated carbocycles. The highest BCUT2D eigenvalue weighted by Crippen LogP contribution is 2.38. The summed E-state index contributed by atoms with van der Waals surface area (Å²) in [4.78, 5) is 4.27. The van der Waals surface area contributed by atoms with Crippen molar-refractivity contribution >= 4 is 5.96 Å². The highest BCUT2D eigenvalue weighted by Gasteiger charge is 2.13. The fourth-order valence-corrected chi connectivity index (χ4v) is 2.98. The molecule has 0 atom stereocenters. The topological polar surface area (TPSA) is 81.9 Å². The van der Waals surface area contributed by atoms with Crippen LogP contribution in [0.15, 0.2) is 23.2 Å². The molecule has 8 nitrogen and oxygen atoms in total. The van der Waals surface area contributed by atoms with E-state index in [9.17, 15) is 0 Å². The zero-order valence-electron chi connectivity index (χ0n) is 17.6. The molecule has 0 unspecified atom stereocenters. The number of guanidine groups is 1. The van der Waals surface area contributed by atoms with Crippen LogP contribution >= 0.6 is 0 Å². The number of nitrogens with one attached hydrogen (secondary N) is 2. The summed E-state index contributed by atoms with van der Waals surface area (Å²) in [5.41, 5.74) is 3.23. The van der Waals surface area contributed by atoms with Gasteiger partial charge in [-0.25, -0.2) is 0 Å². The predicted molar refractivity (Wildman–Crippen MR) is 111 cm³/mol. The van der Waals surface area contributed by atoms with Crippen molar-refractivity contribution in [3.05, 3.63) is 35.2 Å². The van der Waals surface area contributed by atoms with E-state index in [1.54, 1.807) is 28.4 Å². The molecule has 1 heterocycles. The number of nitrogens with zero attached hydrogens (tertiary/aromatic N) is 3. The van der Waals surface area contributed by atoms with Gasteiger partial charge in [0, 0.05) is 32.4 Å². The zero-order valence-corrected chi connectivity index (χ0v) is 17.6. The van der Waals surface area contributed by atoms with Crippen LogP contribution in [0, 0.1) is 13.8 Å². The standard InChI is InChI=1S/C20H31N5O3/c1-14-10-15(2)25(24-14)9-7-8-22-20(21-3)23-13-16-11-17(26-4)19(28-6)18(12-16)27-5/h10-12H,7-9,13H2,1-6H3,(H2,21,22,23). The molecule has 0 bridgehead atoms. The van der Waals surface area contributed by atoms with E-state index >= 15 is 0 Å². The molecule has 2 rings (SSSR count). The molecule has 8 heteroatoms. The molecular weight excluding hydrogens is 358 g/mol. The number of methoxy groups -OCH3 is 3. The van der Waals surface area contributed by atoms with E-state index in [1.165, 1.54) is 5.69 Å². The maximum Gasteiger partial charge on any atom is 0.203 e. The summed E-state index contributed by atoms with van der Waals surface area (Å²) in [5, 5.41) is 11.1. The molecule has 154 valence electrons. The summed E-state index contributed by atoms with van der Waals surface area (Å²) in [7, 11) is 6.57. The Morgan fingerprint density at radius 3 is 2.21 bits per heavy atom. The summed E-state index contributed by atoms with van der Waals surface area (Å²) in [6, 6.07) is 5.93. The molecule has 1 aromatic heterocycles. The van der Waals surface area contributed by atoms with Crippen LogP contribution in [0.5, 0.6) is 17.2 Å². The fourth-order valence-electron chi connectivity index (χ4n) is 2.98. The van der Waals surface area contributed by atoms with Gasteiger partial charge in [-0.05, 0) is 44.0 Å². The highest BCUT2D eigenvalue weighted by molar-refractivity contribution is 5.79. The molecule has 2 N–H and O–H groups in total. The van der Waals surface area contributed by atoms with Crippen molar-refractivity contribution in [2.24, 2.45) is 4.99 Å². The molecule has 0 aliphatic rings. The zero-order chi connectivity index (χ0) is 20.5. The number of ether oxygens (including phenoxy) is 3. The van der Waals surface area contributed by atoms with Crippen LogP contribution in [0.2, 0.25) is 0 Å². The average Bonchev–Trinajstić information content (AvgIpc) is 3.03. The van der Waals surface area contributed by atoms with Crippen LogP contribution in [0.4, 0.5) is 0 Å². The number of aliphatic imine (C=N–C) groups is 1. The smallest absolute Gasteiger partial charge is 0.203 e. The minimum Gasteiger partial charge on any atom is -0.493 e. The van der Waals surface area contributed by atoms with Crippen molar-refractivity contribution in [1.29, 1.82) is 0 Å².